The highest BCUT2D eigenvalue weighted by Crippen LogP contribution is 2.34. The molecule has 6 nitrogen and oxygen atoms in total. The molecule has 2 aromatic rings. The summed E-state index contributed by atoms with van der Waals surface area (Å²) in [5.74, 6) is 0.875. The number of sulfone groups is 1. The zero-order valence-corrected chi connectivity index (χ0v) is 12.5. The van der Waals surface area contributed by atoms with Crippen molar-refractivity contribution >= 4 is 21.4 Å². The van der Waals surface area contributed by atoms with E-state index >= 15 is 0 Å². The predicted molar refractivity (Wildman–Crippen MR) is 80.1 cm³/mol. The van der Waals surface area contributed by atoms with Gasteiger partial charge in [-0.15, -0.1) is 0 Å². The second-order valence-electron chi connectivity index (χ2n) is 4.82. The third-order valence-electron chi connectivity index (χ3n) is 3.18. The Morgan fingerprint density at radius 2 is 1.73 bits per heavy atom. The molecule has 0 fully saturated rings. The second-order valence-corrected chi connectivity index (χ2v) is 6.83. The summed E-state index contributed by atoms with van der Waals surface area (Å²) >= 11 is 0. The molecule has 0 aromatic heterocycles. The average Bonchev–Trinajstić information content (AvgIpc) is 2.94. The highest BCUT2D eigenvalue weighted by atomic mass is 32.2. The molecule has 0 aliphatic carbocycles. The van der Waals surface area contributed by atoms with E-state index in [1.165, 1.54) is 24.3 Å². The summed E-state index contributed by atoms with van der Waals surface area (Å²) in [7, 11) is -3.27. The molecule has 1 amide bonds. The fourth-order valence-corrected chi connectivity index (χ4v) is 2.66. The van der Waals surface area contributed by atoms with E-state index < -0.39 is 9.84 Å². The maximum Gasteiger partial charge on any atom is 0.255 e. The second kappa shape index (κ2) is 5.34. The molecule has 114 valence electrons. The number of carbonyl (C=O) groups is 1. The molecule has 0 bridgehead atoms. The minimum atomic E-state index is -3.27. The minimum Gasteiger partial charge on any atom is -0.454 e. The first-order valence-corrected chi connectivity index (χ1v) is 8.34. The number of hydrogen-bond donors (Lipinski definition) is 1. The summed E-state index contributed by atoms with van der Waals surface area (Å²) in [5, 5.41) is 2.72. The van der Waals surface area contributed by atoms with Crippen molar-refractivity contribution in [2.75, 3.05) is 18.4 Å². The number of fused-ring (bicyclic) bond motifs is 1. The lowest BCUT2D eigenvalue weighted by molar-refractivity contribution is 0.102. The van der Waals surface area contributed by atoms with Crippen LogP contribution in [-0.2, 0) is 9.84 Å². The largest absolute Gasteiger partial charge is 0.454 e. The number of rotatable bonds is 3. The molecule has 1 heterocycles. The van der Waals surface area contributed by atoms with Gasteiger partial charge in [-0.2, -0.15) is 0 Å². The number of benzene rings is 2. The molecule has 0 spiro atoms. The van der Waals surface area contributed by atoms with Crippen LogP contribution < -0.4 is 14.8 Å². The zero-order chi connectivity index (χ0) is 15.7. The smallest absolute Gasteiger partial charge is 0.255 e. The van der Waals surface area contributed by atoms with Crippen LogP contribution in [0.4, 0.5) is 5.69 Å². The van der Waals surface area contributed by atoms with Gasteiger partial charge in [-0.05, 0) is 36.4 Å². The van der Waals surface area contributed by atoms with Gasteiger partial charge in [0.05, 0.1) is 4.90 Å². The molecular formula is C15H13NO5S. The van der Waals surface area contributed by atoms with Crippen molar-refractivity contribution < 1.29 is 22.7 Å². The molecule has 0 saturated heterocycles. The van der Waals surface area contributed by atoms with Crippen molar-refractivity contribution in [3.63, 3.8) is 0 Å². The van der Waals surface area contributed by atoms with Crippen molar-refractivity contribution in [3.05, 3.63) is 48.0 Å². The molecule has 7 heteroatoms. The molecule has 1 N–H and O–H groups in total. The van der Waals surface area contributed by atoms with E-state index in [2.05, 4.69) is 5.32 Å². The molecule has 3 rings (SSSR count). The third kappa shape index (κ3) is 2.89. The van der Waals surface area contributed by atoms with Gasteiger partial charge in [0.15, 0.2) is 21.3 Å². The SMILES string of the molecule is CS(=O)(=O)c1ccc(C(=O)Nc2ccc3c(c2)OCO3)cc1. The van der Waals surface area contributed by atoms with Crippen molar-refractivity contribution in [2.45, 2.75) is 4.90 Å². The summed E-state index contributed by atoms with van der Waals surface area (Å²) in [6.45, 7) is 0.166. The number of amides is 1. The molecule has 0 radical (unpaired) electrons. The molecular weight excluding hydrogens is 306 g/mol. The summed E-state index contributed by atoms with van der Waals surface area (Å²) < 4.78 is 33.2. The first-order chi connectivity index (χ1) is 10.4. The van der Waals surface area contributed by atoms with Crippen LogP contribution in [0.3, 0.4) is 0 Å². The first-order valence-electron chi connectivity index (χ1n) is 6.44. The number of hydrogen-bond acceptors (Lipinski definition) is 5. The molecule has 1 aliphatic rings. The van der Waals surface area contributed by atoms with Gasteiger partial charge in [0.2, 0.25) is 6.79 Å². The lowest BCUT2D eigenvalue weighted by Crippen LogP contribution is -2.12. The zero-order valence-electron chi connectivity index (χ0n) is 11.7. The van der Waals surface area contributed by atoms with Crippen LogP contribution in [0.2, 0.25) is 0 Å². The minimum absolute atomic E-state index is 0.166. The van der Waals surface area contributed by atoms with E-state index in [4.69, 9.17) is 9.47 Å². The lowest BCUT2D eigenvalue weighted by atomic mass is 10.2. The van der Waals surface area contributed by atoms with Crippen LogP contribution in [0.1, 0.15) is 10.4 Å². The molecule has 0 saturated carbocycles. The third-order valence-corrected chi connectivity index (χ3v) is 4.30. The number of ether oxygens (including phenoxy) is 2. The summed E-state index contributed by atoms with van der Waals surface area (Å²) in [6, 6.07) is 10.8. The van der Waals surface area contributed by atoms with E-state index in [0.717, 1.165) is 6.26 Å². The van der Waals surface area contributed by atoms with Crippen molar-refractivity contribution in [2.24, 2.45) is 0 Å². The van der Waals surface area contributed by atoms with Gasteiger partial charge in [-0.25, -0.2) is 8.42 Å². The van der Waals surface area contributed by atoms with Crippen LogP contribution >= 0.6 is 0 Å². The Labute approximate surface area is 127 Å². The number of nitrogens with one attached hydrogen (secondary N) is 1. The number of carbonyl (C=O) groups excluding carboxylic acids is 1. The topological polar surface area (TPSA) is 81.7 Å². The van der Waals surface area contributed by atoms with Crippen LogP contribution in [-0.4, -0.2) is 27.4 Å². The summed E-state index contributed by atoms with van der Waals surface area (Å²) in [5.41, 5.74) is 0.937. The first kappa shape index (κ1) is 14.4. The van der Waals surface area contributed by atoms with Crippen molar-refractivity contribution in [3.8, 4) is 11.5 Å². The van der Waals surface area contributed by atoms with E-state index in [0.29, 0.717) is 22.7 Å². The Bertz CT molecular complexity index is 828. The van der Waals surface area contributed by atoms with E-state index in [1.54, 1.807) is 18.2 Å². The Balaban J connectivity index is 1.77. The van der Waals surface area contributed by atoms with Crippen LogP contribution in [0.15, 0.2) is 47.4 Å². The maximum absolute atomic E-state index is 12.1. The normalized spacial score (nSPS) is 13.0. The fraction of sp³-hybridized carbons (Fsp3) is 0.133. The van der Waals surface area contributed by atoms with Crippen molar-refractivity contribution in [1.82, 2.24) is 0 Å². The fourth-order valence-electron chi connectivity index (χ4n) is 2.03. The molecule has 22 heavy (non-hydrogen) atoms. The highest BCUT2D eigenvalue weighted by Gasteiger charge is 2.15. The van der Waals surface area contributed by atoms with Gasteiger partial charge < -0.3 is 14.8 Å². The van der Waals surface area contributed by atoms with Crippen LogP contribution in [0.25, 0.3) is 0 Å². The highest BCUT2D eigenvalue weighted by molar-refractivity contribution is 7.90. The Hall–Kier alpha value is -2.54. The van der Waals surface area contributed by atoms with Crippen molar-refractivity contribution in [1.29, 1.82) is 0 Å². The number of anilines is 1. The monoisotopic (exact) mass is 319 g/mol. The van der Waals surface area contributed by atoms with Crippen LogP contribution in [0.5, 0.6) is 11.5 Å². The van der Waals surface area contributed by atoms with E-state index in [1.807, 2.05) is 0 Å². The van der Waals surface area contributed by atoms with Gasteiger partial charge in [0.25, 0.3) is 5.91 Å². The Morgan fingerprint density at radius 3 is 2.41 bits per heavy atom. The quantitative estimate of drug-likeness (QED) is 0.936. The Kier molecular flexibility index (Phi) is 3.50. The molecule has 0 unspecified atom stereocenters. The Morgan fingerprint density at radius 1 is 1.05 bits per heavy atom. The van der Waals surface area contributed by atoms with E-state index in [9.17, 15) is 13.2 Å². The molecule has 0 atom stereocenters. The average molecular weight is 319 g/mol. The van der Waals surface area contributed by atoms with E-state index in [-0.39, 0.29) is 17.6 Å². The lowest BCUT2D eigenvalue weighted by Gasteiger charge is -2.07. The van der Waals surface area contributed by atoms with Crippen LogP contribution in [0, 0.1) is 0 Å². The summed E-state index contributed by atoms with van der Waals surface area (Å²) in [4.78, 5) is 12.3. The maximum atomic E-state index is 12.1. The van der Waals surface area contributed by atoms with Gasteiger partial charge >= 0.3 is 0 Å². The van der Waals surface area contributed by atoms with Gasteiger partial charge in [-0.1, -0.05) is 0 Å². The van der Waals surface area contributed by atoms with Gasteiger partial charge in [-0.3, -0.25) is 4.79 Å². The summed E-state index contributed by atoms with van der Waals surface area (Å²) in [6.07, 6.45) is 1.12. The van der Waals surface area contributed by atoms with Gasteiger partial charge in [0, 0.05) is 23.6 Å². The molecule has 1 aliphatic heterocycles. The molecule has 2 aromatic carbocycles. The predicted octanol–water partition coefficient (Wildman–Crippen LogP) is 2.07. The standard InChI is InChI=1S/C15H13NO5S/c1-22(18,19)12-5-2-10(3-6-12)15(17)16-11-4-7-13-14(8-11)21-9-20-13/h2-8H,9H2,1H3,(H,16,17). The van der Waals surface area contributed by atoms with Gasteiger partial charge in [0.1, 0.15) is 0 Å².